The molecule has 2 rings (SSSR count). The van der Waals surface area contributed by atoms with Crippen LogP contribution in [0.2, 0.25) is 5.02 Å². The number of halogens is 1. The second-order valence-corrected chi connectivity index (χ2v) is 4.38. The van der Waals surface area contributed by atoms with Gasteiger partial charge in [-0.1, -0.05) is 29.8 Å². The molecule has 3 nitrogen and oxygen atoms in total. The van der Waals surface area contributed by atoms with Crippen LogP contribution in [0.25, 0.3) is 0 Å². The number of hydrogen-bond donors (Lipinski definition) is 2. The molecule has 0 saturated carbocycles. The molecular formula is C14H15ClN2O. The first-order valence-electron chi connectivity index (χ1n) is 5.59. The monoisotopic (exact) mass is 262 g/mol. The molecule has 3 N–H and O–H groups in total. The van der Waals surface area contributed by atoms with Crippen LogP contribution in [0, 0.1) is 0 Å². The van der Waals surface area contributed by atoms with Crippen LogP contribution < -0.4 is 11.1 Å². The molecule has 0 radical (unpaired) electrons. The summed E-state index contributed by atoms with van der Waals surface area (Å²) in [6.07, 6.45) is 0. The van der Waals surface area contributed by atoms with Crippen molar-refractivity contribution < 1.29 is 4.74 Å². The van der Waals surface area contributed by atoms with Crippen molar-refractivity contribution in [1.82, 2.24) is 0 Å². The summed E-state index contributed by atoms with van der Waals surface area (Å²) in [5, 5.41) is 3.92. The van der Waals surface area contributed by atoms with Crippen LogP contribution in [0.5, 0.6) is 0 Å². The first-order chi connectivity index (χ1) is 8.70. The number of ether oxygens (including phenoxy) is 1. The molecule has 0 unspecified atom stereocenters. The van der Waals surface area contributed by atoms with Gasteiger partial charge in [0.25, 0.3) is 0 Å². The van der Waals surface area contributed by atoms with Crippen LogP contribution in [0.4, 0.5) is 17.1 Å². The van der Waals surface area contributed by atoms with Crippen LogP contribution >= 0.6 is 11.6 Å². The number of anilines is 3. The molecule has 0 atom stereocenters. The van der Waals surface area contributed by atoms with Crippen molar-refractivity contribution in [3.63, 3.8) is 0 Å². The number of hydrogen-bond acceptors (Lipinski definition) is 3. The van der Waals surface area contributed by atoms with Gasteiger partial charge in [0.1, 0.15) is 0 Å². The van der Waals surface area contributed by atoms with Gasteiger partial charge in [-0.3, -0.25) is 0 Å². The summed E-state index contributed by atoms with van der Waals surface area (Å²) in [6.45, 7) is 0.552. The summed E-state index contributed by atoms with van der Waals surface area (Å²) in [4.78, 5) is 0. The Balaban J connectivity index is 2.28. The third kappa shape index (κ3) is 2.94. The van der Waals surface area contributed by atoms with E-state index in [9.17, 15) is 0 Å². The van der Waals surface area contributed by atoms with Crippen molar-refractivity contribution in [2.45, 2.75) is 6.61 Å². The van der Waals surface area contributed by atoms with E-state index in [0.29, 0.717) is 17.3 Å². The highest BCUT2D eigenvalue weighted by Crippen LogP contribution is 2.27. The second-order valence-electron chi connectivity index (χ2n) is 3.95. The summed E-state index contributed by atoms with van der Waals surface area (Å²) >= 11 is 5.87. The fraction of sp³-hybridized carbons (Fsp3) is 0.143. The van der Waals surface area contributed by atoms with Crippen molar-refractivity contribution in [1.29, 1.82) is 0 Å². The quantitative estimate of drug-likeness (QED) is 0.824. The summed E-state index contributed by atoms with van der Waals surface area (Å²) in [5.41, 5.74) is 9.43. The molecule has 18 heavy (non-hydrogen) atoms. The average molecular weight is 263 g/mol. The molecule has 4 heteroatoms. The summed E-state index contributed by atoms with van der Waals surface area (Å²) in [7, 11) is 1.67. The topological polar surface area (TPSA) is 47.3 Å². The lowest BCUT2D eigenvalue weighted by molar-refractivity contribution is 0.185. The first kappa shape index (κ1) is 12.7. The highest BCUT2D eigenvalue weighted by Gasteiger charge is 2.04. The summed E-state index contributed by atoms with van der Waals surface area (Å²) < 4.78 is 5.16. The Kier molecular flexibility index (Phi) is 4.07. The van der Waals surface area contributed by atoms with Crippen LogP contribution in [0.15, 0.2) is 42.5 Å². The van der Waals surface area contributed by atoms with E-state index in [0.717, 1.165) is 16.9 Å². The van der Waals surface area contributed by atoms with E-state index in [2.05, 4.69) is 5.32 Å². The van der Waals surface area contributed by atoms with Gasteiger partial charge in [-0.2, -0.15) is 0 Å². The lowest BCUT2D eigenvalue weighted by Gasteiger charge is -2.13. The van der Waals surface area contributed by atoms with Gasteiger partial charge in [-0.15, -0.1) is 0 Å². The van der Waals surface area contributed by atoms with E-state index in [1.54, 1.807) is 19.2 Å². The minimum Gasteiger partial charge on any atom is -0.397 e. The Morgan fingerprint density at radius 3 is 2.67 bits per heavy atom. The van der Waals surface area contributed by atoms with Crippen LogP contribution in [-0.2, 0) is 11.3 Å². The van der Waals surface area contributed by atoms with Gasteiger partial charge < -0.3 is 15.8 Å². The molecule has 0 bridgehead atoms. The number of nitrogen functional groups attached to an aromatic ring is 1. The standard InChI is InChI=1S/C14H15ClN2O/c1-18-9-10-4-2-3-5-13(10)17-14-7-6-11(15)8-12(14)16/h2-8,17H,9,16H2,1H3. The van der Waals surface area contributed by atoms with E-state index in [-0.39, 0.29) is 0 Å². The van der Waals surface area contributed by atoms with Crippen molar-refractivity contribution in [2.24, 2.45) is 0 Å². The number of para-hydroxylation sites is 1. The number of methoxy groups -OCH3 is 1. The fourth-order valence-electron chi connectivity index (χ4n) is 1.72. The van der Waals surface area contributed by atoms with Crippen LogP contribution in [0.1, 0.15) is 5.56 Å². The molecule has 2 aromatic rings. The zero-order valence-electron chi connectivity index (χ0n) is 10.1. The minimum absolute atomic E-state index is 0.552. The molecule has 0 heterocycles. The van der Waals surface area contributed by atoms with Crippen LogP contribution in [-0.4, -0.2) is 7.11 Å². The van der Waals surface area contributed by atoms with Crippen molar-refractivity contribution in [3.8, 4) is 0 Å². The third-order valence-electron chi connectivity index (χ3n) is 2.60. The largest absolute Gasteiger partial charge is 0.397 e. The average Bonchev–Trinajstić information content (AvgIpc) is 2.35. The van der Waals surface area contributed by atoms with Gasteiger partial charge >= 0.3 is 0 Å². The Bertz CT molecular complexity index is 543. The number of nitrogens with one attached hydrogen (secondary N) is 1. The molecular weight excluding hydrogens is 248 g/mol. The predicted molar refractivity (Wildman–Crippen MR) is 76.3 cm³/mol. The zero-order valence-corrected chi connectivity index (χ0v) is 10.9. The van der Waals surface area contributed by atoms with Crippen LogP contribution in [0.3, 0.4) is 0 Å². The smallest absolute Gasteiger partial charge is 0.0733 e. The zero-order chi connectivity index (χ0) is 13.0. The molecule has 0 saturated heterocycles. The van der Waals surface area contributed by atoms with Crippen molar-refractivity contribution >= 4 is 28.7 Å². The number of rotatable bonds is 4. The van der Waals surface area contributed by atoms with Crippen molar-refractivity contribution in [2.75, 3.05) is 18.2 Å². The Morgan fingerprint density at radius 1 is 1.17 bits per heavy atom. The minimum atomic E-state index is 0.552. The molecule has 0 aromatic heterocycles. The van der Waals surface area contributed by atoms with Gasteiger partial charge in [0.2, 0.25) is 0 Å². The summed E-state index contributed by atoms with van der Waals surface area (Å²) in [5.74, 6) is 0. The SMILES string of the molecule is COCc1ccccc1Nc1ccc(Cl)cc1N. The molecule has 0 aliphatic heterocycles. The second kappa shape index (κ2) is 5.76. The molecule has 2 aromatic carbocycles. The molecule has 0 aliphatic rings. The molecule has 0 aliphatic carbocycles. The maximum absolute atomic E-state index is 5.92. The number of benzene rings is 2. The Morgan fingerprint density at radius 2 is 1.94 bits per heavy atom. The van der Waals surface area contributed by atoms with Gasteiger partial charge in [-0.05, 0) is 24.3 Å². The highest BCUT2D eigenvalue weighted by atomic mass is 35.5. The van der Waals surface area contributed by atoms with E-state index in [1.165, 1.54) is 0 Å². The van der Waals surface area contributed by atoms with Gasteiger partial charge in [0, 0.05) is 23.4 Å². The highest BCUT2D eigenvalue weighted by molar-refractivity contribution is 6.31. The Labute approximate surface area is 112 Å². The van der Waals surface area contributed by atoms with E-state index in [1.807, 2.05) is 30.3 Å². The van der Waals surface area contributed by atoms with E-state index < -0.39 is 0 Å². The lowest BCUT2D eigenvalue weighted by atomic mass is 10.1. The normalized spacial score (nSPS) is 10.3. The van der Waals surface area contributed by atoms with Crippen molar-refractivity contribution in [3.05, 3.63) is 53.1 Å². The van der Waals surface area contributed by atoms with Gasteiger partial charge in [0.15, 0.2) is 0 Å². The first-order valence-corrected chi connectivity index (χ1v) is 5.97. The molecule has 0 spiro atoms. The number of nitrogens with two attached hydrogens (primary N) is 1. The van der Waals surface area contributed by atoms with Gasteiger partial charge in [0.05, 0.1) is 18.0 Å². The maximum Gasteiger partial charge on any atom is 0.0733 e. The predicted octanol–water partition coefficient (Wildman–Crippen LogP) is 3.81. The fourth-order valence-corrected chi connectivity index (χ4v) is 1.90. The maximum atomic E-state index is 5.92. The Hall–Kier alpha value is -1.71. The molecule has 0 fully saturated rings. The van der Waals surface area contributed by atoms with Gasteiger partial charge in [-0.25, -0.2) is 0 Å². The molecule has 0 amide bonds. The lowest BCUT2D eigenvalue weighted by Crippen LogP contribution is -2.00. The third-order valence-corrected chi connectivity index (χ3v) is 2.84. The van der Waals surface area contributed by atoms with E-state index >= 15 is 0 Å². The van der Waals surface area contributed by atoms with E-state index in [4.69, 9.17) is 22.1 Å². The summed E-state index contributed by atoms with van der Waals surface area (Å²) in [6, 6.07) is 13.3. The molecule has 94 valence electrons.